The Bertz CT molecular complexity index is 1000. The van der Waals surface area contributed by atoms with E-state index in [9.17, 15) is 4.79 Å². The first-order valence-electron chi connectivity index (χ1n) is 11.3. The van der Waals surface area contributed by atoms with Gasteiger partial charge in [-0.3, -0.25) is 9.69 Å². The standard InChI is InChI=1S/C26H33N3O2/c1-20-7-9-21(10-8-20)18-29-24(17-23-5-3-4-6-25(23)29)19-28-14-11-22(12-15-28)26(30)27-13-16-31-2/h3-10,17,22H,11-16,18-19H2,1-2H3,(H,27,30). The lowest BCUT2D eigenvalue weighted by molar-refractivity contribution is -0.126. The van der Waals surface area contributed by atoms with E-state index in [1.165, 1.54) is 27.7 Å². The van der Waals surface area contributed by atoms with Crippen LogP contribution in [0.25, 0.3) is 10.9 Å². The molecule has 31 heavy (non-hydrogen) atoms. The number of hydrogen-bond acceptors (Lipinski definition) is 3. The van der Waals surface area contributed by atoms with Crippen LogP contribution in [0.15, 0.2) is 54.6 Å². The van der Waals surface area contributed by atoms with Crippen molar-refractivity contribution >= 4 is 16.8 Å². The molecule has 1 amide bonds. The summed E-state index contributed by atoms with van der Waals surface area (Å²) in [4.78, 5) is 14.8. The highest BCUT2D eigenvalue weighted by atomic mass is 16.5. The van der Waals surface area contributed by atoms with E-state index in [2.05, 4.69) is 76.3 Å². The fourth-order valence-electron chi connectivity index (χ4n) is 4.46. The maximum atomic E-state index is 12.3. The minimum atomic E-state index is 0.117. The molecule has 1 aliphatic rings. The van der Waals surface area contributed by atoms with E-state index in [4.69, 9.17) is 4.74 Å². The maximum absolute atomic E-state index is 12.3. The highest BCUT2D eigenvalue weighted by Crippen LogP contribution is 2.25. The topological polar surface area (TPSA) is 46.5 Å². The number of aromatic nitrogens is 1. The van der Waals surface area contributed by atoms with E-state index in [0.717, 1.165) is 39.0 Å². The Hall–Kier alpha value is -2.63. The molecule has 164 valence electrons. The Morgan fingerprint density at radius 3 is 2.55 bits per heavy atom. The molecule has 1 saturated heterocycles. The van der Waals surface area contributed by atoms with E-state index < -0.39 is 0 Å². The second-order valence-electron chi connectivity index (χ2n) is 8.60. The van der Waals surface area contributed by atoms with Gasteiger partial charge in [0, 0.05) is 43.9 Å². The van der Waals surface area contributed by atoms with E-state index in [0.29, 0.717) is 13.2 Å². The molecule has 3 aromatic rings. The zero-order valence-corrected chi connectivity index (χ0v) is 18.6. The molecule has 0 saturated carbocycles. The molecule has 4 rings (SSSR count). The zero-order chi connectivity index (χ0) is 21.6. The normalized spacial score (nSPS) is 15.4. The molecule has 0 aliphatic carbocycles. The van der Waals surface area contributed by atoms with Gasteiger partial charge in [0.2, 0.25) is 5.91 Å². The highest BCUT2D eigenvalue weighted by Gasteiger charge is 2.25. The van der Waals surface area contributed by atoms with Crippen LogP contribution in [0.3, 0.4) is 0 Å². The van der Waals surface area contributed by atoms with Crippen molar-refractivity contribution < 1.29 is 9.53 Å². The number of hydrogen-bond donors (Lipinski definition) is 1. The number of amides is 1. The molecule has 0 atom stereocenters. The SMILES string of the molecule is COCCNC(=O)C1CCN(Cc2cc3ccccc3n2Cc2ccc(C)cc2)CC1. The third kappa shape index (κ3) is 5.35. The average molecular weight is 420 g/mol. The smallest absolute Gasteiger partial charge is 0.223 e. The predicted molar refractivity (Wildman–Crippen MR) is 125 cm³/mol. The summed E-state index contributed by atoms with van der Waals surface area (Å²) >= 11 is 0. The van der Waals surface area contributed by atoms with Crippen LogP contribution in [0.1, 0.15) is 29.7 Å². The lowest BCUT2D eigenvalue weighted by Crippen LogP contribution is -2.41. The number of carbonyl (C=O) groups excluding carboxylic acids is 1. The van der Waals surface area contributed by atoms with Gasteiger partial charge in [-0.15, -0.1) is 0 Å². The quantitative estimate of drug-likeness (QED) is 0.562. The minimum Gasteiger partial charge on any atom is -0.383 e. The molecule has 0 radical (unpaired) electrons. The fourth-order valence-corrected chi connectivity index (χ4v) is 4.46. The molecule has 1 fully saturated rings. The van der Waals surface area contributed by atoms with Crippen LogP contribution in [0.5, 0.6) is 0 Å². The molecule has 1 aliphatic heterocycles. The number of carbonyl (C=O) groups is 1. The summed E-state index contributed by atoms with van der Waals surface area (Å²) in [6, 6.07) is 19.8. The number of rotatable bonds is 8. The number of fused-ring (bicyclic) bond motifs is 1. The van der Waals surface area contributed by atoms with Crippen molar-refractivity contribution in [2.24, 2.45) is 5.92 Å². The molecule has 2 heterocycles. The molecule has 2 aromatic carbocycles. The van der Waals surface area contributed by atoms with Gasteiger partial charge in [-0.2, -0.15) is 0 Å². The summed E-state index contributed by atoms with van der Waals surface area (Å²) in [7, 11) is 1.66. The summed E-state index contributed by atoms with van der Waals surface area (Å²) < 4.78 is 7.47. The lowest BCUT2D eigenvalue weighted by atomic mass is 9.96. The molecular formula is C26H33N3O2. The molecule has 0 bridgehead atoms. The Kier molecular flexibility index (Phi) is 7.05. The second kappa shape index (κ2) is 10.1. The third-order valence-corrected chi connectivity index (χ3v) is 6.31. The monoisotopic (exact) mass is 419 g/mol. The van der Waals surface area contributed by atoms with Crippen molar-refractivity contribution in [1.29, 1.82) is 0 Å². The molecule has 1 aromatic heterocycles. The van der Waals surface area contributed by atoms with Crippen molar-refractivity contribution in [3.05, 3.63) is 71.4 Å². The number of benzene rings is 2. The van der Waals surface area contributed by atoms with Crippen LogP contribution in [-0.2, 0) is 22.6 Å². The molecule has 5 nitrogen and oxygen atoms in total. The van der Waals surface area contributed by atoms with Gasteiger partial charge in [-0.05, 0) is 55.9 Å². The van der Waals surface area contributed by atoms with Crippen LogP contribution in [-0.4, -0.2) is 48.7 Å². The number of nitrogens with one attached hydrogen (secondary N) is 1. The number of aryl methyl sites for hydroxylation is 1. The van der Waals surface area contributed by atoms with Gasteiger partial charge in [0.15, 0.2) is 0 Å². The van der Waals surface area contributed by atoms with Crippen LogP contribution >= 0.6 is 0 Å². The first-order chi connectivity index (χ1) is 15.1. The van der Waals surface area contributed by atoms with Crippen LogP contribution in [0.4, 0.5) is 0 Å². The van der Waals surface area contributed by atoms with Gasteiger partial charge >= 0.3 is 0 Å². The predicted octanol–water partition coefficient (Wildman–Crippen LogP) is 3.97. The van der Waals surface area contributed by atoms with Gasteiger partial charge < -0.3 is 14.6 Å². The second-order valence-corrected chi connectivity index (χ2v) is 8.60. The first-order valence-corrected chi connectivity index (χ1v) is 11.3. The number of para-hydroxylation sites is 1. The Balaban J connectivity index is 1.44. The van der Waals surface area contributed by atoms with Crippen LogP contribution in [0, 0.1) is 12.8 Å². The van der Waals surface area contributed by atoms with Crippen molar-refractivity contribution in [2.75, 3.05) is 33.4 Å². The Morgan fingerprint density at radius 2 is 1.81 bits per heavy atom. The number of piperidine rings is 1. The zero-order valence-electron chi connectivity index (χ0n) is 18.6. The largest absolute Gasteiger partial charge is 0.383 e. The molecule has 0 unspecified atom stereocenters. The van der Waals surface area contributed by atoms with Crippen molar-refractivity contribution in [3.63, 3.8) is 0 Å². The van der Waals surface area contributed by atoms with Gasteiger partial charge in [-0.1, -0.05) is 48.0 Å². The summed E-state index contributed by atoms with van der Waals surface area (Å²) in [5, 5.41) is 4.28. The summed E-state index contributed by atoms with van der Waals surface area (Å²) in [6.45, 7) is 6.98. The van der Waals surface area contributed by atoms with Crippen molar-refractivity contribution in [1.82, 2.24) is 14.8 Å². The molecule has 5 heteroatoms. The molecule has 0 spiro atoms. The number of ether oxygens (including phenoxy) is 1. The highest BCUT2D eigenvalue weighted by molar-refractivity contribution is 5.81. The summed E-state index contributed by atoms with van der Waals surface area (Å²) in [6.07, 6.45) is 1.83. The van der Waals surface area contributed by atoms with Crippen LogP contribution < -0.4 is 5.32 Å². The summed E-state index contributed by atoms with van der Waals surface area (Å²) in [5.41, 5.74) is 5.23. The molecule has 1 N–H and O–H groups in total. The minimum absolute atomic E-state index is 0.117. The van der Waals surface area contributed by atoms with Gasteiger partial charge in [0.1, 0.15) is 0 Å². The fraction of sp³-hybridized carbons (Fsp3) is 0.423. The van der Waals surface area contributed by atoms with Crippen LogP contribution in [0.2, 0.25) is 0 Å². The number of nitrogens with zero attached hydrogens (tertiary/aromatic N) is 2. The van der Waals surface area contributed by atoms with Gasteiger partial charge in [0.05, 0.1) is 6.61 Å². The van der Waals surface area contributed by atoms with Crippen molar-refractivity contribution in [3.8, 4) is 0 Å². The summed E-state index contributed by atoms with van der Waals surface area (Å²) in [5.74, 6) is 0.289. The first kappa shape index (κ1) is 21.6. The average Bonchev–Trinajstić information content (AvgIpc) is 3.13. The van der Waals surface area contributed by atoms with E-state index in [1.54, 1.807) is 7.11 Å². The molecular weight excluding hydrogens is 386 g/mol. The van der Waals surface area contributed by atoms with Gasteiger partial charge in [-0.25, -0.2) is 0 Å². The lowest BCUT2D eigenvalue weighted by Gasteiger charge is -2.31. The maximum Gasteiger partial charge on any atom is 0.223 e. The Labute approximate surface area is 185 Å². The van der Waals surface area contributed by atoms with Crippen molar-refractivity contribution in [2.45, 2.75) is 32.9 Å². The van der Waals surface area contributed by atoms with E-state index in [-0.39, 0.29) is 11.8 Å². The third-order valence-electron chi connectivity index (χ3n) is 6.31. The number of likely N-dealkylation sites (tertiary alicyclic amines) is 1. The van der Waals surface area contributed by atoms with E-state index in [1.807, 2.05) is 0 Å². The number of methoxy groups -OCH3 is 1. The van der Waals surface area contributed by atoms with Gasteiger partial charge in [0.25, 0.3) is 0 Å². The van der Waals surface area contributed by atoms with E-state index >= 15 is 0 Å². The Morgan fingerprint density at radius 1 is 1.06 bits per heavy atom.